The molecule has 1 saturated carbocycles. The molecule has 0 aromatic carbocycles. The Hall–Kier alpha value is -1.92. The molecule has 0 saturated heterocycles. The van der Waals surface area contributed by atoms with Gasteiger partial charge in [0.25, 0.3) is 5.91 Å². The van der Waals surface area contributed by atoms with Crippen LogP contribution in [0.3, 0.4) is 0 Å². The summed E-state index contributed by atoms with van der Waals surface area (Å²) in [5.74, 6) is -0.588. The zero-order valence-corrected chi connectivity index (χ0v) is 10.9. The molecule has 0 aliphatic heterocycles. The Labute approximate surface area is 111 Å². The second-order valence-corrected chi connectivity index (χ2v) is 4.84. The molecular weight excluding hydrogens is 248 g/mol. The summed E-state index contributed by atoms with van der Waals surface area (Å²) in [5, 5.41) is 16.0. The number of rotatable bonds is 6. The van der Waals surface area contributed by atoms with Crippen LogP contribution in [0.4, 0.5) is 0 Å². The number of aliphatic carboxylic acids is 1. The van der Waals surface area contributed by atoms with Gasteiger partial charge in [0.15, 0.2) is 5.69 Å². The fourth-order valence-corrected chi connectivity index (χ4v) is 2.12. The maximum atomic E-state index is 12.2. The summed E-state index contributed by atoms with van der Waals surface area (Å²) < 4.78 is 1.16. The van der Waals surface area contributed by atoms with Gasteiger partial charge in [-0.2, -0.15) is 0 Å². The van der Waals surface area contributed by atoms with E-state index >= 15 is 0 Å². The van der Waals surface area contributed by atoms with Crippen molar-refractivity contribution in [2.45, 2.75) is 32.7 Å². The number of carbonyl (C=O) groups is 2. The third kappa shape index (κ3) is 3.30. The van der Waals surface area contributed by atoms with Crippen LogP contribution in [0.25, 0.3) is 0 Å². The van der Waals surface area contributed by atoms with E-state index in [2.05, 4.69) is 10.3 Å². The number of hydrogen-bond donors (Lipinski definition) is 1. The molecule has 1 fully saturated rings. The lowest BCUT2D eigenvalue weighted by Crippen LogP contribution is -2.37. The van der Waals surface area contributed by atoms with Crippen molar-refractivity contribution >= 4 is 11.9 Å². The first kappa shape index (κ1) is 13.5. The third-order valence-corrected chi connectivity index (χ3v) is 3.43. The molecule has 0 spiro atoms. The Morgan fingerprint density at radius 2 is 2.26 bits per heavy atom. The molecule has 1 aromatic rings. The summed E-state index contributed by atoms with van der Waals surface area (Å²) >= 11 is 0. The van der Waals surface area contributed by atoms with Crippen molar-refractivity contribution in [3.05, 3.63) is 11.9 Å². The van der Waals surface area contributed by atoms with E-state index in [0.717, 1.165) is 11.2 Å². The predicted octanol–water partition coefficient (Wildman–Crippen LogP) is 0.625. The minimum absolute atomic E-state index is 0.175. The summed E-state index contributed by atoms with van der Waals surface area (Å²) in [5.41, 5.74) is 0.211. The lowest BCUT2D eigenvalue weighted by molar-refractivity contribution is -0.137. The topological polar surface area (TPSA) is 88.3 Å². The highest BCUT2D eigenvalue weighted by atomic mass is 16.4. The van der Waals surface area contributed by atoms with Crippen molar-refractivity contribution in [2.24, 2.45) is 5.92 Å². The molecule has 1 amide bonds. The third-order valence-electron chi connectivity index (χ3n) is 3.43. The van der Waals surface area contributed by atoms with Gasteiger partial charge in [0, 0.05) is 13.1 Å². The van der Waals surface area contributed by atoms with Crippen LogP contribution < -0.4 is 0 Å². The molecule has 0 bridgehead atoms. The van der Waals surface area contributed by atoms with E-state index < -0.39 is 5.97 Å². The Balaban J connectivity index is 1.99. The normalized spacial score (nSPS) is 15.0. The fourth-order valence-electron chi connectivity index (χ4n) is 2.12. The van der Waals surface area contributed by atoms with Gasteiger partial charge in [0.1, 0.15) is 6.54 Å². The van der Waals surface area contributed by atoms with Crippen molar-refractivity contribution in [2.75, 3.05) is 13.1 Å². The van der Waals surface area contributed by atoms with Crippen LogP contribution in [0.2, 0.25) is 0 Å². The van der Waals surface area contributed by atoms with Gasteiger partial charge < -0.3 is 10.0 Å². The quantitative estimate of drug-likeness (QED) is 0.815. The van der Waals surface area contributed by atoms with Crippen LogP contribution in [0, 0.1) is 5.92 Å². The van der Waals surface area contributed by atoms with E-state index in [1.165, 1.54) is 25.5 Å². The second-order valence-electron chi connectivity index (χ2n) is 4.84. The van der Waals surface area contributed by atoms with Crippen molar-refractivity contribution < 1.29 is 14.7 Å². The molecule has 0 atom stereocenters. The molecule has 1 aliphatic rings. The maximum absolute atomic E-state index is 12.2. The summed E-state index contributed by atoms with van der Waals surface area (Å²) in [7, 11) is 0. The molecule has 0 radical (unpaired) electrons. The van der Waals surface area contributed by atoms with Gasteiger partial charge >= 0.3 is 5.97 Å². The minimum atomic E-state index is -1.01. The lowest BCUT2D eigenvalue weighted by atomic mass is 9.85. The molecule has 7 heteroatoms. The van der Waals surface area contributed by atoms with Crippen LogP contribution >= 0.6 is 0 Å². The van der Waals surface area contributed by atoms with Gasteiger partial charge in [0.2, 0.25) is 0 Å². The van der Waals surface area contributed by atoms with Gasteiger partial charge in [-0.25, -0.2) is 4.68 Å². The van der Waals surface area contributed by atoms with Gasteiger partial charge in [-0.15, -0.1) is 5.10 Å². The number of amides is 1. The number of hydrogen-bond acceptors (Lipinski definition) is 4. The zero-order valence-electron chi connectivity index (χ0n) is 10.9. The molecule has 1 heterocycles. The molecular formula is C12H18N4O3. The van der Waals surface area contributed by atoms with E-state index in [9.17, 15) is 9.59 Å². The molecule has 2 rings (SSSR count). The lowest BCUT2D eigenvalue weighted by Gasteiger charge is -2.31. The summed E-state index contributed by atoms with van der Waals surface area (Å²) in [6.45, 7) is 3.02. The van der Waals surface area contributed by atoms with E-state index in [4.69, 9.17) is 5.11 Å². The van der Waals surface area contributed by atoms with Crippen LogP contribution in [0.15, 0.2) is 6.20 Å². The highest BCUT2D eigenvalue weighted by Gasteiger charge is 2.24. The number of aromatic nitrogens is 3. The molecule has 0 unspecified atom stereocenters. The Kier molecular flexibility index (Phi) is 4.13. The molecule has 1 N–H and O–H groups in total. The Morgan fingerprint density at radius 3 is 2.79 bits per heavy atom. The van der Waals surface area contributed by atoms with E-state index in [-0.39, 0.29) is 18.1 Å². The highest BCUT2D eigenvalue weighted by molar-refractivity contribution is 5.92. The number of carboxylic acid groups (broad SMARTS) is 1. The standard InChI is InChI=1S/C12H18N4O3/c1-2-15(6-9-4-3-5-9)12(19)10-7-16(14-13-10)8-11(17)18/h7,9H,2-6,8H2,1H3,(H,17,18). The summed E-state index contributed by atoms with van der Waals surface area (Å²) in [6.07, 6.45) is 4.98. The first-order chi connectivity index (χ1) is 9.10. The van der Waals surface area contributed by atoms with Gasteiger partial charge in [-0.05, 0) is 25.7 Å². The second kappa shape index (κ2) is 5.81. The Morgan fingerprint density at radius 1 is 1.53 bits per heavy atom. The average Bonchev–Trinajstić information content (AvgIpc) is 2.74. The smallest absolute Gasteiger partial charge is 0.325 e. The molecule has 7 nitrogen and oxygen atoms in total. The minimum Gasteiger partial charge on any atom is -0.480 e. The Bertz CT molecular complexity index is 467. The van der Waals surface area contributed by atoms with Crippen molar-refractivity contribution in [1.82, 2.24) is 19.9 Å². The first-order valence-electron chi connectivity index (χ1n) is 6.51. The predicted molar refractivity (Wildman–Crippen MR) is 66.6 cm³/mol. The van der Waals surface area contributed by atoms with Gasteiger partial charge in [0.05, 0.1) is 6.20 Å². The van der Waals surface area contributed by atoms with Crippen LogP contribution in [-0.2, 0) is 11.3 Å². The van der Waals surface area contributed by atoms with E-state index in [0.29, 0.717) is 12.5 Å². The fraction of sp³-hybridized carbons (Fsp3) is 0.667. The van der Waals surface area contributed by atoms with Crippen LogP contribution in [0.1, 0.15) is 36.7 Å². The number of nitrogens with zero attached hydrogens (tertiary/aromatic N) is 4. The SMILES string of the molecule is CCN(CC1CCC1)C(=O)c1cn(CC(=O)O)nn1. The van der Waals surface area contributed by atoms with Gasteiger partial charge in [-0.1, -0.05) is 11.6 Å². The van der Waals surface area contributed by atoms with Crippen molar-refractivity contribution in [3.63, 3.8) is 0 Å². The average molecular weight is 266 g/mol. The monoisotopic (exact) mass is 266 g/mol. The highest BCUT2D eigenvalue weighted by Crippen LogP contribution is 2.27. The van der Waals surface area contributed by atoms with Crippen LogP contribution in [-0.4, -0.2) is 50.0 Å². The summed E-state index contributed by atoms with van der Waals surface area (Å²) in [4.78, 5) is 24.5. The van der Waals surface area contributed by atoms with Crippen LogP contribution in [0.5, 0.6) is 0 Å². The first-order valence-corrected chi connectivity index (χ1v) is 6.51. The van der Waals surface area contributed by atoms with E-state index in [1.54, 1.807) is 4.90 Å². The molecule has 19 heavy (non-hydrogen) atoms. The van der Waals surface area contributed by atoms with E-state index in [1.807, 2.05) is 6.92 Å². The maximum Gasteiger partial charge on any atom is 0.325 e. The van der Waals surface area contributed by atoms with Gasteiger partial charge in [-0.3, -0.25) is 9.59 Å². The molecule has 104 valence electrons. The van der Waals surface area contributed by atoms with Crippen molar-refractivity contribution in [1.29, 1.82) is 0 Å². The molecule has 1 aliphatic carbocycles. The largest absolute Gasteiger partial charge is 0.480 e. The number of carboxylic acids is 1. The van der Waals surface area contributed by atoms with Crippen molar-refractivity contribution in [3.8, 4) is 0 Å². The molecule has 1 aromatic heterocycles. The summed E-state index contributed by atoms with van der Waals surface area (Å²) in [6, 6.07) is 0. The zero-order chi connectivity index (χ0) is 13.8. The number of carbonyl (C=O) groups excluding carboxylic acids is 1.